The summed E-state index contributed by atoms with van der Waals surface area (Å²) in [6, 6.07) is 15.3. The predicted octanol–water partition coefficient (Wildman–Crippen LogP) is 4.07. The molecule has 0 aliphatic rings. The Bertz CT molecular complexity index is 658. The van der Waals surface area contributed by atoms with Gasteiger partial charge >= 0.3 is 0 Å². The SMILES string of the molecule is CCC(C(=O)c1cccc(F)c1C#N)c1ccccc1. The van der Waals surface area contributed by atoms with E-state index in [1.165, 1.54) is 18.2 Å². The molecule has 0 fully saturated rings. The molecule has 1 unspecified atom stereocenters. The van der Waals surface area contributed by atoms with Crippen molar-refractivity contribution >= 4 is 5.78 Å². The molecule has 0 radical (unpaired) electrons. The van der Waals surface area contributed by atoms with Crippen LogP contribution in [0.1, 0.15) is 40.7 Å². The van der Waals surface area contributed by atoms with Gasteiger partial charge in [-0.15, -0.1) is 0 Å². The largest absolute Gasteiger partial charge is 0.293 e. The lowest BCUT2D eigenvalue weighted by atomic mass is 9.87. The summed E-state index contributed by atoms with van der Waals surface area (Å²) in [5.41, 5.74) is 0.864. The molecule has 2 rings (SSSR count). The number of hydrogen-bond acceptors (Lipinski definition) is 2. The van der Waals surface area contributed by atoms with Crippen molar-refractivity contribution in [3.63, 3.8) is 0 Å². The van der Waals surface area contributed by atoms with Gasteiger partial charge in [-0.25, -0.2) is 4.39 Å². The fourth-order valence-corrected chi connectivity index (χ4v) is 2.29. The molecular weight excluding hydrogens is 253 g/mol. The number of Topliss-reactive ketones (excluding diaryl/α,β-unsaturated/α-hetero) is 1. The van der Waals surface area contributed by atoms with Crippen LogP contribution >= 0.6 is 0 Å². The molecule has 0 aliphatic carbocycles. The molecule has 20 heavy (non-hydrogen) atoms. The van der Waals surface area contributed by atoms with Gasteiger partial charge in [-0.05, 0) is 24.1 Å². The normalized spacial score (nSPS) is 11.7. The highest BCUT2D eigenvalue weighted by atomic mass is 19.1. The van der Waals surface area contributed by atoms with Crippen molar-refractivity contribution in [2.45, 2.75) is 19.3 Å². The van der Waals surface area contributed by atoms with E-state index in [9.17, 15) is 9.18 Å². The minimum Gasteiger partial charge on any atom is -0.293 e. The molecular formula is C17H14FNO. The van der Waals surface area contributed by atoms with Gasteiger partial charge < -0.3 is 0 Å². The number of halogens is 1. The highest BCUT2D eigenvalue weighted by molar-refractivity contribution is 6.02. The zero-order valence-corrected chi connectivity index (χ0v) is 11.1. The molecule has 0 spiro atoms. The Morgan fingerprint density at radius 3 is 2.50 bits per heavy atom. The number of rotatable bonds is 4. The molecule has 0 bridgehead atoms. The molecule has 0 saturated carbocycles. The molecule has 2 aromatic carbocycles. The number of benzene rings is 2. The van der Waals surface area contributed by atoms with E-state index in [0.717, 1.165) is 5.56 Å². The lowest BCUT2D eigenvalue weighted by Crippen LogP contribution is -2.14. The summed E-state index contributed by atoms with van der Waals surface area (Å²) in [4.78, 5) is 12.6. The second-order valence-corrected chi connectivity index (χ2v) is 4.51. The number of nitrogens with zero attached hydrogens (tertiary/aromatic N) is 1. The van der Waals surface area contributed by atoms with Crippen LogP contribution in [-0.2, 0) is 0 Å². The van der Waals surface area contributed by atoms with E-state index in [2.05, 4.69) is 0 Å². The Kier molecular flexibility index (Phi) is 4.27. The quantitative estimate of drug-likeness (QED) is 0.783. The molecule has 0 aromatic heterocycles. The van der Waals surface area contributed by atoms with Crippen LogP contribution in [0.15, 0.2) is 48.5 Å². The van der Waals surface area contributed by atoms with Gasteiger partial charge in [0.05, 0.1) is 5.56 Å². The van der Waals surface area contributed by atoms with E-state index in [1.807, 2.05) is 37.3 Å². The molecule has 0 heterocycles. The van der Waals surface area contributed by atoms with Crippen molar-refractivity contribution < 1.29 is 9.18 Å². The topological polar surface area (TPSA) is 40.9 Å². The van der Waals surface area contributed by atoms with Crippen LogP contribution in [0.4, 0.5) is 4.39 Å². The summed E-state index contributed by atoms with van der Waals surface area (Å²) >= 11 is 0. The van der Waals surface area contributed by atoms with Gasteiger partial charge in [0.25, 0.3) is 0 Å². The van der Waals surface area contributed by atoms with Crippen LogP contribution in [0.2, 0.25) is 0 Å². The molecule has 100 valence electrons. The van der Waals surface area contributed by atoms with Gasteiger partial charge in [0, 0.05) is 11.5 Å². The van der Waals surface area contributed by atoms with Crippen LogP contribution in [0.5, 0.6) is 0 Å². The number of carbonyl (C=O) groups is 1. The summed E-state index contributed by atoms with van der Waals surface area (Å²) < 4.78 is 13.6. The molecule has 2 nitrogen and oxygen atoms in total. The maximum Gasteiger partial charge on any atom is 0.171 e. The minimum atomic E-state index is -0.652. The van der Waals surface area contributed by atoms with Crippen molar-refractivity contribution in [3.05, 3.63) is 71.0 Å². The Morgan fingerprint density at radius 2 is 1.90 bits per heavy atom. The summed E-state index contributed by atoms with van der Waals surface area (Å²) in [5.74, 6) is -1.22. The third-order valence-corrected chi connectivity index (χ3v) is 3.32. The standard InChI is InChI=1S/C17H14FNO/c1-2-13(12-7-4-3-5-8-12)17(20)14-9-6-10-16(18)15(14)11-19/h3-10,13H,2H2,1H3. The average molecular weight is 267 g/mol. The van der Waals surface area contributed by atoms with Crippen molar-refractivity contribution in [2.24, 2.45) is 0 Å². The monoisotopic (exact) mass is 267 g/mol. The van der Waals surface area contributed by atoms with E-state index in [4.69, 9.17) is 5.26 Å². The number of nitriles is 1. The Balaban J connectivity index is 2.45. The van der Waals surface area contributed by atoms with E-state index < -0.39 is 5.82 Å². The third-order valence-electron chi connectivity index (χ3n) is 3.32. The Morgan fingerprint density at radius 1 is 1.20 bits per heavy atom. The molecule has 3 heteroatoms. The van der Waals surface area contributed by atoms with Gasteiger partial charge in [-0.1, -0.05) is 43.3 Å². The maximum absolute atomic E-state index is 13.6. The zero-order valence-electron chi connectivity index (χ0n) is 11.1. The van der Waals surface area contributed by atoms with Crippen molar-refractivity contribution in [1.82, 2.24) is 0 Å². The first-order valence-electron chi connectivity index (χ1n) is 6.46. The second kappa shape index (κ2) is 6.12. The van der Waals surface area contributed by atoms with Gasteiger partial charge in [-0.3, -0.25) is 4.79 Å². The molecule has 0 aliphatic heterocycles. The third kappa shape index (κ3) is 2.60. The van der Waals surface area contributed by atoms with Crippen molar-refractivity contribution in [2.75, 3.05) is 0 Å². The summed E-state index contributed by atoms with van der Waals surface area (Å²) in [6.07, 6.45) is 0.601. The number of carbonyl (C=O) groups excluding carboxylic acids is 1. The first kappa shape index (κ1) is 14.0. The maximum atomic E-state index is 13.6. The van der Waals surface area contributed by atoms with Crippen LogP contribution in [-0.4, -0.2) is 5.78 Å². The average Bonchev–Trinajstić information content (AvgIpc) is 2.48. The Hall–Kier alpha value is -2.47. The Labute approximate surface area is 117 Å². The van der Waals surface area contributed by atoms with Gasteiger partial charge in [-0.2, -0.15) is 5.26 Å². The van der Waals surface area contributed by atoms with Crippen LogP contribution in [0.25, 0.3) is 0 Å². The molecule has 2 aromatic rings. The van der Waals surface area contributed by atoms with E-state index >= 15 is 0 Å². The first-order valence-corrected chi connectivity index (χ1v) is 6.46. The highest BCUT2D eigenvalue weighted by Gasteiger charge is 2.23. The van der Waals surface area contributed by atoms with Crippen LogP contribution < -0.4 is 0 Å². The highest BCUT2D eigenvalue weighted by Crippen LogP contribution is 2.26. The molecule has 0 saturated heterocycles. The fourth-order valence-electron chi connectivity index (χ4n) is 2.29. The van der Waals surface area contributed by atoms with Gasteiger partial charge in [0.1, 0.15) is 11.9 Å². The lowest BCUT2D eigenvalue weighted by Gasteiger charge is -2.15. The van der Waals surface area contributed by atoms with E-state index in [-0.39, 0.29) is 22.8 Å². The van der Waals surface area contributed by atoms with Crippen LogP contribution in [0.3, 0.4) is 0 Å². The lowest BCUT2D eigenvalue weighted by molar-refractivity contribution is 0.0956. The first-order chi connectivity index (χ1) is 9.69. The van der Waals surface area contributed by atoms with E-state index in [0.29, 0.717) is 6.42 Å². The van der Waals surface area contributed by atoms with Gasteiger partial charge in [0.2, 0.25) is 0 Å². The number of ketones is 1. The molecule has 1 atom stereocenters. The second-order valence-electron chi connectivity index (χ2n) is 4.51. The smallest absolute Gasteiger partial charge is 0.171 e. The predicted molar refractivity (Wildman–Crippen MR) is 74.9 cm³/mol. The zero-order chi connectivity index (χ0) is 14.5. The molecule has 0 amide bonds. The number of hydrogen-bond donors (Lipinski definition) is 0. The van der Waals surface area contributed by atoms with E-state index in [1.54, 1.807) is 6.07 Å². The van der Waals surface area contributed by atoms with Crippen LogP contribution in [0, 0.1) is 17.1 Å². The van der Waals surface area contributed by atoms with Gasteiger partial charge in [0.15, 0.2) is 5.78 Å². The van der Waals surface area contributed by atoms with Crippen molar-refractivity contribution in [3.8, 4) is 6.07 Å². The molecule has 0 N–H and O–H groups in total. The minimum absolute atomic E-state index is 0.156. The summed E-state index contributed by atoms with van der Waals surface area (Å²) in [6.45, 7) is 1.90. The summed E-state index contributed by atoms with van der Waals surface area (Å²) in [7, 11) is 0. The fraction of sp³-hybridized carbons (Fsp3) is 0.176. The van der Waals surface area contributed by atoms with Crippen molar-refractivity contribution in [1.29, 1.82) is 5.26 Å². The summed E-state index contributed by atoms with van der Waals surface area (Å²) in [5, 5.41) is 9.03.